The molecule has 0 bridgehead atoms. The van der Waals surface area contributed by atoms with Gasteiger partial charge in [-0.15, -0.1) is 0 Å². The summed E-state index contributed by atoms with van der Waals surface area (Å²) in [5.41, 5.74) is 1.98. The number of benzene rings is 2. The zero-order valence-electron chi connectivity index (χ0n) is 14.8. The van der Waals surface area contributed by atoms with Crippen LogP contribution < -0.4 is 15.0 Å². The fraction of sp³-hybridized carbons (Fsp3) is 0.263. The number of carbonyl (C=O) groups excluding carboxylic acids is 1. The van der Waals surface area contributed by atoms with Gasteiger partial charge in [0.1, 0.15) is 5.75 Å². The summed E-state index contributed by atoms with van der Waals surface area (Å²) in [5.74, 6) is 0.0964. The lowest BCUT2D eigenvalue weighted by Gasteiger charge is -2.28. The maximum Gasteiger partial charge on any atom is 0.264 e. The molecule has 2 heterocycles. The topological polar surface area (TPSA) is 63.7 Å². The summed E-state index contributed by atoms with van der Waals surface area (Å²) in [6.45, 7) is 3.05. The van der Waals surface area contributed by atoms with Crippen LogP contribution in [0.1, 0.15) is 0 Å². The Morgan fingerprint density at radius 3 is 2.82 bits per heavy atom. The van der Waals surface area contributed by atoms with E-state index in [-0.39, 0.29) is 12.5 Å². The van der Waals surface area contributed by atoms with Gasteiger partial charge >= 0.3 is 0 Å². The zero-order chi connectivity index (χ0) is 19.5. The Kier molecular flexibility index (Phi) is 5.87. The van der Waals surface area contributed by atoms with Gasteiger partial charge in [-0.2, -0.15) is 0 Å². The number of amides is 1. The van der Waals surface area contributed by atoms with E-state index in [4.69, 9.17) is 32.7 Å². The maximum atomic E-state index is 12.2. The molecule has 0 saturated carbocycles. The van der Waals surface area contributed by atoms with E-state index >= 15 is 0 Å². The summed E-state index contributed by atoms with van der Waals surface area (Å²) < 4.78 is 11.9. The van der Waals surface area contributed by atoms with Gasteiger partial charge in [-0.1, -0.05) is 34.5 Å². The number of aromatic nitrogens is 1. The first-order chi connectivity index (χ1) is 13.6. The third kappa shape index (κ3) is 4.50. The molecule has 1 aliphatic rings. The van der Waals surface area contributed by atoms with Crippen LogP contribution in [0.2, 0.25) is 10.0 Å². The van der Waals surface area contributed by atoms with Crippen molar-refractivity contribution in [3.63, 3.8) is 0 Å². The molecule has 9 heteroatoms. The van der Waals surface area contributed by atoms with Crippen molar-refractivity contribution in [2.24, 2.45) is 0 Å². The molecule has 0 aliphatic carbocycles. The lowest BCUT2D eigenvalue weighted by Crippen LogP contribution is -2.36. The quantitative estimate of drug-likeness (QED) is 0.638. The van der Waals surface area contributed by atoms with Crippen molar-refractivity contribution < 1.29 is 14.3 Å². The predicted molar refractivity (Wildman–Crippen MR) is 113 cm³/mol. The smallest absolute Gasteiger partial charge is 0.264 e. The maximum absolute atomic E-state index is 12.2. The monoisotopic (exact) mass is 437 g/mol. The predicted octanol–water partition coefficient (Wildman–Crippen LogP) is 4.46. The molecule has 146 valence electrons. The molecule has 1 saturated heterocycles. The van der Waals surface area contributed by atoms with Crippen LogP contribution in [0.5, 0.6) is 5.75 Å². The average molecular weight is 438 g/mol. The Balaban J connectivity index is 1.40. The second-order valence-electron chi connectivity index (χ2n) is 6.18. The number of nitrogens with one attached hydrogen (secondary N) is 1. The molecule has 28 heavy (non-hydrogen) atoms. The second kappa shape index (κ2) is 8.53. The summed E-state index contributed by atoms with van der Waals surface area (Å²) in [6.07, 6.45) is 0. The minimum Gasteiger partial charge on any atom is -0.482 e. The summed E-state index contributed by atoms with van der Waals surface area (Å²) in [6, 6.07) is 11.0. The van der Waals surface area contributed by atoms with Crippen molar-refractivity contribution in [2.75, 3.05) is 43.1 Å². The summed E-state index contributed by atoms with van der Waals surface area (Å²) in [4.78, 5) is 18.9. The Morgan fingerprint density at radius 2 is 2.04 bits per heavy atom. The third-order valence-electron chi connectivity index (χ3n) is 4.25. The SMILES string of the molecule is O=C(COc1ccc(Cl)cc1Cl)Nc1nc2ccc(N3CCOCC3)cc2s1. The normalized spacial score (nSPS) is 14.3. The zero-order valence-corrected chi connectivity index (χ0v) is 17.1. The lowest BCUT2D eigenvalue weighted by molar-refractivity contribution is -0.118. The van der Waals surface area contributed by atoms with Crippen LogP contribution in [0.4, 0.5) is 10.8 Å². The van der Waals surface area contributed by atoms with Gasteiger partial charge in [-0.3, -0.25) is 10.1 Å². The number of hydrogen-bond acceptors (Lipinski definition) is 6. The van der Waals surface area contributed by atoms with Gasteiger partial charge in [-0.05, 0) is 36.4 Å². The van der Waals surface area contributed by atoms with Gasteiger partial charge in [-0.25, -0.2) is 4.98 Å². The standard InChI is InChI=1S/C19H17Cl2N3O3S/c20-12-1-4-16(14(21)9-12)27-11-18(25)23-19-22-15-3-2-13(10-17(15)28-19)24-5-7-26-8-6-24/h1-4,9-10H,5-8,11H2,(H,22,23,25). The van der Waals surface area contributed by atoms with E-state index in [1.165, 1.54) is 11.3 Å². The van der Waals surface area contributed by atoms with Gasteiger partial charge in [0.2, 0.25) is 0 Å². The molecule has 0 atom stereocenters. The number of halogens is 2. The van der Waals surface area contributed by atoms with Gasteiger partial charge in [0.15, 0.2) is 11.7 Å². The van der Waals surface area contributed by atoms with Gasteiger partial charge in [0.25, 0.3) is 5.91 Å². The van der Waals surface area contributed by atoms with E-state index in [9.17, 15) is 4.79 Å². The molecule has 2 aromatic carbocycles. The van der Waals surface area contributed by atoms with Crippen LogP contribution in [0.25, 0.3) is 10.2 Å². The molecule has 1 fully saturated rings. The highest BCUT2D eigenvalue weighted by molar-refractivity contribution is 7.22. The van der Waals surface area contributed by atoms with Crippen molar-refractivity contribution in [1.29, 1.82) is 0 Å². The Labute approximate surface area is 176 Å². The highest BCUT2D eigenvalue weighted by atomic mass is 35.5. The number of thiazole rings is 1. The number of anilines is 2. The molecule has 3 aromatic rings. The molecule has 4 rings (SSSR count). The minimum atomic E-state index is -0.307. The highest BCUT2D eigenvalue weighted by Gasteiger charge is 2.14. The molecular formula is C19H17Cl2N3O3S. The number of ether oxygens (including phenoxy) is 2. The Hall–Kier alpha value is -2.06. The van der Waals surface area contributed by atoms with Crippen LogP contribution in [-0.2, 0) is 9.53 Å². The van der Waals surface area contributed by atoms with Gasteiger partial charge in [0.05, 0.1) is 28.5 Å². The third-order valence-corrected chi connectivity index (χ3v) is 5.71. The van der Waals surface area contributed by atoms with E-state index in [1.807, 2.05) is 12.1 Å². The van der Waals surface area contributed by atoms with Gasteiger partial charge < -0.3 is 14.4 Å². The number of rotatable bonds is 5. The van der Waals surface area contributed by atoms with Crippen LogP contribution in [0.15, 0.2) is 36.4 Å². The van der Waals surface area contributed by atoms with E-state index in [0.29, 0.717) is 20.9 Å². The van der Waals surface area contributed by atoms with Crippen molar-refractivity contribution >= 4 is 61.5 Å². The second-order valence-corrected chi connectivity index (χ2v) is 8.06. The number of hydrogen-bond donors (Lipinski definition) is 1. The summed E-state index contributed by atoms with van der Waals surface area (Å²) in [5, 5.41) is 4.17. The van der Waals surface area contributed by atoms with Crippen LogP contribution >= 0.6 is 34.5 Å². The van der Waals surface area contributed by atoms with Crippen molar-refractivity contribution in [1.82, 2.24) is 4.98 Å². The molecule has 1 N–H and O–H groups in total. The van der Waals surface area contributed by atoms with Crippen LogP contribution in [0, 0.1) is 0 Å². The fourth-order valence-electron chi connectivity index (χ4n) is 2.88. The van der Waals surface area contributed by atoms with E-state index in [0.717, 1.165) is 42.2 Å². The van der Waals surface area contributed by atoms with E-state index in [1.54, 1.807) is 18.2 Å². The van der Waals surface area contributed by atoms with Crippen LogP contribution in [-0.4, -0.2) is 43.8 Å². The molecule has 1 aromatic heterocycles. The fourth-order valence-corrected chi connectivity index (χ4v) is 4.25. The number of carbonyl (C=O) groups is 1. The van der Waals surface area contributed by atoms with Crippen LogP contribution in [0.3, 0.4) is 0 Å². The van der Waals surface area contributed by atoms with Gasteiger partial charge in [0, 0.05) is 23.8 Å². The summed E-state index contributed by atoms with van der Waals surface area (Å²) in [7, 11) is 0. The molecule has 0 spiro atoms. The first-order valence-electron chi connectivity index (χ1n) is 8.69. The highest BCUT2D eigenvalue weighted by Crippen LogP contribution is 2.30. The minimum absolute atomic E-state index is 0.170. The Bertz CT molecular complexity index is 1010. The molecule has 0 unspecified atom stereocenters. The largest absolute Gasteiger partial charge is 0.482 e. The van der Waals surface area contributed by atoms with Crippen molar-refractivity contribution in [3.05, 3.63) is 46.4 Å². The summed E-state index contributed by atoms with van der Waals surface area (Å²) >= 11 is 13.3. The first kappa shape index (κ1) is 19.3. The molecule has 1 amide bonds. The van der Waals surface area contributed by atoms with Crippen molar-refractivity contribution in [3.8, 4) is 5.75 Å². The Morgan fingerprint density at radius 1 is 1.21 bits per heavy atom. The lowest BCUT2D eigenvalue weighted by atomic mass is 10.2. The van der Waals surface area contributed by atoms with E-state index in [2.05, 4.69) is 21.3 Å². The number of nitrogens with zero attached hydrogens (tertiary/aromatic N) is 2. The molecule has 1 aliphatic heterocycles. The number of morpholine rings is 1. The van der Waals surface area contributed by atoms with Crippen molar-refractivity contribution in [2.45, 2.75) is 0 Å². The molecular weight excluding hydrogens is 421 g/mol. The first-order valence-corrected chi connectivity index (χ1v) is 10.3. The molecule has 0 radical (unpaired) electrons. The average Bonchev–Trinajstić information content (AvgIpc) is 3.09. The van der Waals surface area contributed by atoms with E-state index < -0.39 is 0 Å². The molecule has 6 nitrogen and oxygen atoms in total. The number of fused-ring (bicyclic) bond motifs is 1.